The largest absolute Gasteiger partial charge is 0.466 e. The molecule has 1 rings (SSSR count). The van der Waals surface area contributed by atoms with Crippen molar-refractivity contribution in [2.45, 2.75) is 45.4 Å². The Bertz CT molecular complexity index is 315. The molecule has 0 radical (unpaired) electrons. The normalized spacial score (nSPS) is 19.2. The van der Waals surface area contributed by atoms with Crippen LogP contribution < -0.4 is 0 Å². The van der Waals surface area contributed by atoms with Crippen molar-refractivity contribution in [3.05, 3.63) is 11.6 Å². The van der Waals surface area contributed by atoms with Crippen molar-refractivity contribution in [1.29, 1.82) is 0 Å². The van der Waals surface area contributed by atoms with Gasteiger partial charge < -0.3 is 9.94 Å². The van der Waals surface area contributed by atoms with Crippen molar-refractivity contribution < 1.29 is 14.7 Å². The van der Waals surface area contributed by atoms with Crippen LogP contribution in [0.3, 0.4) is 0 Å². The first kappa shape index (κ1) is 13.7. The number of esters is 1. The van der Waals surface area contributed by atoms with E-state index >= 15 is 0 Å². The average Bonchev–Trinajstić information content (AvgIpc) is 2.36. The maximum Gasteiger partial charge on any atom is 0.330 e. The summed E-state index contributed by atoms with van der Waals surface area (Å²) in [6.45, 7) is 1.85. The molecule has 0 saturated heterocycles. The van der Waals surface area contributed by atoms with Crippen molar-refractivity contribution in [1.82, 2.24) is 0 Å². The van der Waals surface area contributed by atoms with Gasteiger partial charge in [0.1, 0.15) is 0 Å². The molecule has 0 aromatic rings. The highest BCUT2D eigenvalue weighted by molar-refractivity contribution is 5.90. The summed E-state index contributed by atoms with van der Waals surface area (Å²) in [7, 11) is 1.36. The van der Waals surface area contributed by atoms with E-state index in [-0.39, 0.29) is 5.97 Å². The topological polar surface area (TPSA) is 58.9 Å². The second-order valence-corrected chi connectivity index (χ2v) is 4.62. The first-order valence-electron chi connectivity index (χ1n) is 6.13. The summed E-state index contributed by atoms with van der Waals surface area (Å²) in [5.41, 5.74) is 1.66. The van der Waals surface area contributed by atoms with Gasteiger partial charge in [-0.05, 0) is 19.8 Å². The van der Waals surface area contributed by atoms with Gasteiger partial charge in [-0.25, -0.2) is 4.79 Å². The molecule has 1 saturated carbocycles. The smallest absolute Gasteiger partial charge is 0.330 e. The minimum atomic E-state index is -0.358. The summed E-state index contributed by atoms with van der Waals surface area (Å²) >= 11 is 0. The number of allylic oxidation sites excluding steroid dienone is 1. The van der Waals surface area contributed by atoms with Crippen LogP contribution in [0.5, 0.6) is 0 Å². The van der Waals surface area contributed by atoms with Crippen LogP contribution in [-0.2, 0) is 9.53 Å². The molecule has 1 N–H and O–H groups in total. The molecule has 0 atom stereocenters. The van der Waals surface area contributed by atoms with E-state index in [2.05, 4.69) is 9.89 Å². The van der Waals surface area contributed by atoms with E-state index in [1.54, 1.807) is 0 Å². The minimum absolute atomic E-state index is 0.358. The van der Waals surface area contributed by atoms with Gasteiger partial charge in [-0.3, -0.25) is 0 Å². The van der Waals surface area contributed by atoms with Gasteiger partial charge in [-0.2, -0.15) is 0 Å². The lowest BCUT2D eigenvalue weighted by Crippen LogP contribution is -2.18. The number of ether oxygens (including phenoxy) is 1. The zero-order chi connectivity index (χ0) is 12.7. The lowest BCUT2D eigenvalue weighted by Gasteiger charge is -2.22. The minimum Gasteiger partial charge on any atom is -0.466 e. The van der Waals surface area contributed by atoms with Crippen molar-refractivity contribution in [3.63, 3.8) is 0 Å². The first-order valence-corrected chi connectivity index (χ1v) is 6.13. The molecule has 17 heavy (non-hydrogen) atoms. The molecular weight excluding hydrogens is 218 g/mol. The van der Waals surface area contributed by atoms with E-state index < -0.39 is 0 Å². The zero-order valence-corrected chi connectivity index (χ0v) is 10.6. The third kappa shape index (κ3) is 4.59. The first-order chi connectivity index (χ1) is 8.17. The summed E-state index contributed by atoms with van der Waals surface area (Å²) in [5, 5.41) is 12.5. The third-order valence-corrected chi connectivity index (χ3v) is 3.23. The molecule has 1 fully saturated rings. The molecule has 0 amide bonds. The van der Waals surface area contributed by atoms with Crippen LogP contribution in [0.2, 0.25) is 0 Å². The number of hydrogen-bond donors (Lipinski definition) is 1. The Morgan fingerprint density at radius 2 is 2.06 bits per heavy atom. The number of oxime groups is 1. The molecule has 1 aliphatic rings. The SMILES string of the molecule is COC(=O)/C=C(/C)C/C(=N/O)C1CCCCC1. The van der Waals surface area contributed by atoms with Crippen LogP contribution in [0.4, 0.5) is 0 Å². The summed E-state index contributed by atoms with van der Waals surface area (Å²) in [6, 6.07) is 0. The van der Waals surface area contributed by atoms with Crippen molar-refractivity contribution in [2.24, 2.45) is 11.1 Å². The Kier molecular flexibility index (Phi) is 5.73. The molecular formula is C13H21NO3. The fourth-order valence-corrected chi connectivity index (χ4v) is 2.29. The van der Waals surface area contributed by atoms with Gasteiger partial charge in [0.05, 0.1) is 12.8 Å². The van der Waals surface area contributed by atoms with E-state index in [1.807, 2.05) is 6.92 Å². The molecule has 0 spiro atoms. The monoisotopic (exact) mass is 239 g/mol. The third-order valence-electron chi connectivity index (χ3n) is 3.23. The fourth-order valence-electron chi connectivity index (χ4n) is 2.29. The lowest BCUT2D eigenvalue weighted by molar-refractivity contribution is -0.134. The molecule has 0 aliphatic heterocycles. The van der Waals surface area contributed by atoms with Gasteiger partial charge in [0.25, 0.3) is 0 Å². The summed E-state index contributed by atoms with van der Waals surface area (Å²) in [6.07, 6.45) is 7.85. The van der Waals surface area contributed by atoms with Crippen LogP contribution in [0.1, 0.15) is 45.4 Å². The lowest BCUT2D eigenvalue weighted by atomic mass is 9.84. The highest BCUT2D eigenvalue weighted by atomic mass is 16.5. The quantitative estimate of drug-likeness (QED) is 0.270. The van der Waals surface area contributed by atoms with Gasteiger partial charge in [0.2, 0.25) is 0 Å². The summed E-state index contributed by atoms with van der Waals surface area (Å²) in [5.74, 6) is 0.0122. The molecule has 0 unspecified atom stereocenters. The molecule has 0 bridgehead atoms. The average molecular weight is 239 g/mol. The maximum atomic E-state index is 11.1. The summed E-state index contributed by atoms with van der Waals surface area (Å²) in [4.78, 5) is 11.1. The predicted molar refractivity (Wildman–Crippen MR) is 66.2 cm³/mol. The second-order valence-electron chi connectivity index (χ2n) is 4.62. The Labute approximate surface area is 102 Å². The van der Waals surface area contributed by atoms with E-state index in [0.29, 0.717) is 12.3 Å². The van der Waals surface area contributed by atoms with Crippen molar-refractivity contribution in [3.8, 4) is 0 Å². The molecule has 0 aromatic heterocycles. The van der Waals surface area contributed by atoms with E-state index in [0.717, 1.165) is 24.1 Å². The van der Waals surface area contributed by atoms with Crippen LogP contribution in [0.25, 0.3) is 0 Å². The van der Waals surface area contributed by atoms with Gasteiger partial charge in [0.15, 0.2) is 0 Å². The Morgan fingerprint density at radius 3 is 2.59 bits per heavy atom. The Balaban J connectivity index is 2.57. The maximum absolute atomic E-state index is 11.1. The van der Waals surface area contributed by atoms with Gasteiger partial charge >= 0.3 is 5.97 Å². The molecule has 4 heteroatoms. The zero-order valence-electron chi connectivity index (χ0n) is 10.6. The molecule has 1 aliphatic carbocycles. The second kappa shape index (κ2) is 7.09. The van der Waals surface area contributed by atoms with Crippen LogP contribution >= 0.6 is 0 Å². The molecule has 96 valence electrons. The van der Waals surface area contributed by atoms with Crippen LogP contribution in [0.15, 0.2) is 16.8 Å². The molecule has 0 heterocycles. The Morgan fingerprint density at radius 1 is 1.41 bits per heavy atom. The van der Waals surface area contributed by atoms with E-state index in [4.69, 9.17) is 5.21 Å². The number of methoxy groups -OCH3 is 1. The van der Waals surface area contributed by atoms with E-state index in [9.17, 15) is 4.79 Å². The molecule has 0 aromatic carbocycles. The number of rotatable bonds is 4. The van der Waals surface area contributed by atoms with Gasteiger partial charge in [-0.1, -0.05) is 30.0 Å². The van der Waals surface area contributed by atoms with Gasteiger partial charge in [0, 0.05) is 18.4 Å². The van der Waals surface area contributed by atoms with Crippen molar-refractivity contribution >= 4 is 11.7 Å². The van der Waals surface area contributed by atoms with Crippen LogP contribution in [0, 0.1) is 5.92 Å². The summed E-state index contributed by atoms with van der Waals surface area (Å²) < 4.78 is 4.56. The fraction of sp³-hybridized carbons (Fsp3) is 0.692. The number of carbonyl (C=O) groups excluding carboxylic acids is 1. The highest BCUT2D eigenvalue weighted by Gasteiger charge is 2.20. The number of hydrogen-bond acceptors (Lipinski definition) is 4. The molecule has 4 nitrogen and oxygen atoms in total. The standard InChI is InChI=1S/C13H21NO3/c1-10(9-13(15)17-2)8-12(14-16)11-6-4-3-5-7-11/h9,11,16H,3-8H2,1-2H3/b10-9-,14-12-. The van der Waals surface area contributed by atoms with E-state index in [1.165, 1.54) is 32.4 Å². The number of nitrogens with zero attached hydrogens (tertiary/aromatic N) is 1. The number of carbonyl (C=O) groups is 1. The highest BCUT2D eigenvalue weighted by Crippen LogP contribution is 2.27. The van der Waals surface area contributed by atoms with Crippen molar-refractivity contribution in [2.75, 3.05) is 7.11 Å². The van der Waals surface area contributed by atoms with Gasteiger partial charge in [-0.15, -0.1) is 0 Å². The Hall–Kier alpha value is -1.32. The van der Waals surface area contributed by atoms with Crippen LogP contribution in [-0.4, -0.2) is 24.0 Å². The predicted octanol–water partition coefficient (Wildman–Crippen LogP) is 2.91.